The zero-order chi connectivity index (χ0) is 16.9. The van der Waals surface area contributed by atoms with Crippen LogP contribution >= 0.6 is 11.8 Å². The normalized spacial score (nSPS) is 14.6. The molecule has 1 aromatic carbocycles. The Labute approximate surface area is 151 Å². The van der Waals surface area contributed by atoms with Crippen molar-refractivity contribution in [3.05, 3.63) is 66.6 Å². The fourth-order valence-corrected chi connectivity index (χ4v) is 3.91. The van der Waals surface area contributed by atoms with E-state index in [-0.39, 0.29) is 0 Å². The van der Waals surface area contributed by atoms with Crippen LogP contribution in [0, 0.1) is 0 Å². The van der Waals surface area contributed by atoms with Gasteiger partial charge in [0.05, 0.1) is 13.2 Å². The molecule has 0 N–H and O–H groups in total. The number of imidazole rings is 1. The molecular formula is C19H20N4OS. The first-order chi connectivity index (χ1) is 12.4. The average molecular weight is 352 g/mol. The molecule has 0 bridgehead atoms. The zero-order valence-corrected chi connectivity index (χ0v) is 14.7. The first-order valence-corrected chi connectivity index (χ1v) is 9.38. The predicted octanol–water partition coefficient (Wildman–Crippen LogP) is 3.40. The van der Waals surface area contributed by atoms with Crippen LogP contribution in [0.1, 0.15) is 5.56 Å². The number of anilines is 1. The van der Waals surface area contributed by atoms with Gasteiger partial charge in [0.15, 0.2) is 5.16 Å². The molecule has 1 aliphatic heterocycles. The van der Waals surface area contributed by atoms with Crippen molar-refractivity contribution in [1.29, 1.82) is 0 Å². The molecule has 3 heterocycles. The van der Waals surface area contributed by atoms with Crippen LogP contribution in [0.15, 0.2) is 66.2 Å². The van der Waals surface area contributed by atoms with E-state index in [0.29, 0.717) is 0 Å². The van der Waals surface area contributed by atoms with E-state index in [2.05, 4.69) is 39.1 Å². The van der Waals surface area contributed by atoms with Crippen molar-refractivity contribution in [3.63, 3.8) is 0 Å². The van der Waals surface area contributed by atoms with E-state index in [9.17, 15) is 0 Å². The monoisotopic (exact) mass is 352 g/mol. The molecule has 0 unspecified atom stereocenters. The molecule has 0 amide bonds. The number of thioether (sulfide) groups is 1. The molecule has 3 aromatic rings. The predicted molar refractivity (Wildman–Crippen MR) is 100 cm³/mol. The number of hydrogen-bond donors (Lipinski definition) is 0. The Kier molecular flexibility index (Phi) is 4.99. The van der Waals surface area contributed by atoms with Crippen molar-refractivity contribution in [2.24, 2.45) is 0 Å². The van der Waals surface area contributed by atoms with Gasteiger partial charge >= 0.3 is 0 Å². The summed E-state index contributed by atoms with van der Waals surface area (Å²) in [6.07, 6.45) is 5.58. The second kappa shape index (κ2) is 7.72. The van der Waals surface area contributed by atoms with Gasteiger partial charge < -0.3 is 9.64 Å². The van der Waals surface area contributed by atoms with Crippen molar-refractivity contribution in [1.82, 2.24) is 14.5 Å². The number of nitrogens with zero attached hydrogens (tertiary/aromatic N) is 4. The van der Waals surface area contributed by atoms with Crippen LogP contribution in [-0.4, -0.2) is 40.8 Å². The van der Waals surface area contributed by atoms with Crippen molar-refractivity contribution >= 4 is 17.4 Å². The lowest BCUT2D eigenvalue weighted by Crippen LogP contribution is -2.36. The highest BCUT2D eigenvalue weighted by molar-refractivity contribution is 7.98. The van der Waals surface area contributed by atoms with Gasteiger partial charge in [-0.2, -0.15) is 0 Å². The summed E-state index contributed by atoms with van der Waals surface area (Å²) < 4.78 is 7.51. The molecule has 1 saturated heterocycles. The maximum Gasteiger partial charge on any atom is 0.174 e. The Morgan fingerprint density at radius 3 is 2.64 bits per heavy atom. The minimum atomic E-state index is 0.797. The molecule has 0 radical (unpaired) electrons. The van der Waals surface area contributed by atoms with Crippen molar-refractivity contribution in [3.8, 4) is 5.82 Å². The van der Waals surface area contributed by atoms with Gasteiger partial charge in [-0.1, -0.05) is 36.0 Å². The van der Waals surface area contributed by atoms with Crippen molar-refractivity contribution in [2.45, 2.75) is 10.9 Å². The van der Waals surface area contributed by atoms with Crippen LogP contribution in [0.5, 0.6) is 0 Å². The van der Waals surface area contributed by atoms with E-state index in [1.807, 2.05) is 35.2 Å². The van der Waals surface area contributed by atoms with Crippen LogP contribution in [0.25, 0.3) is 5.82 Å². The Hall–Kier alpha value is -2.31. The van der Waals surface area contributed by atoms with Crippen molar-refractivity contribution in [2.75, 3.05) is 31.2 Å². The van der Waals surface area contributed by atoms with E-state index < -0.39 is 0 Å². The standard InChI is InChI=1S/C19H20N4OS/c1-2-6-17(22-11-13-24-14-12-22)16(5-1)15-25-19-21-9-10-23(19)18-7-3-4-8-20-18/h1-10H,11-15H2. The molecule has 0 atom stereocenters. The third-order valence-electron chi connectivity index (χ3n) is 4.20. The zero-order valence-electron chi connectivity index (χ0n) is 13.9. The van der Waals surface area contributed by atoms with E-state index in [0.717, 1.165) is 43.0 Å². The number of hydrogen-bond acceptors (Lipinski definition) is 5. The average Bonchev–Trinajstić information content (AvgIpc) is 3.17. The van der Waals surface area contributed by atoms with Gasteiger partial charge in [-0.3, -0.25) is 4.57 Å². The first kappa shape index (κ1) is 16.2. The van der Waals surface area contributed by atoms with Gasteiger partial charge in [0.1, 0.15) is 5.82 Å². The minimum absolute atomic E-state index is 0.797. The lowest BCUT2D eigenvalue weighted by molar-refractivity contribution is 0.122. The van der Waals surface area contributed by atoms with Crippen molar-refractivity contribution < 1.29 is 4.74 Å². The molecular weight excluding hydrogens is 332 g/mol. The quantitative estimate of drug-likeness (QED) is 0.659. The number of pyridine rings is 1. The summed E-state index contributed by atoms with van der Waals surface area (Å²) in [6, 6.07) is 14.5. The second-order valence-corrected chi connectivity index (χ2v) is 6.73. The highest BCUT2D eigenvalue weighted by atomic mass is 32.2. The van der Waals surface area contributed by atoms with Crippen LogP contribution in [0.2, 0.25) is 0 Å². The van der Waals surface area contributed by atoms with Gasteiger partial charge in [-0.25, -0.2) is 9.97 Å². The van der Waals surface area contributed by atoms with Gasteiger partial charge in [0, 0.05) is 43.1 Å². The second-order valence-electron chi connectivity index (χ2n) is 5.78. The Morgan fingerprint density at radius 2 is 1.80 bits per heavy atom. The summed E-state index contributed by atoms with van der Waals surface area (Å²) in [5, 5.41) is 0.954. The molecule has 4 rings (SSSR count). The molecule has 1 aliphatic rings. The summed E-state index contributed by atoms with van der Waals surface area (Å²) in [6.45, 7) is 3.49. The van der Waals surface area contributed by atoms with E-state index in [1.165, 1.54) is 11.3 Å². The van der Waals surface area contributed by atoms with E-state index in [1.54, 1.807) is 18.0 Å². The first-order valence-electron chi connectivity index (χ1n) is 8.40. The van der Waals surface area contributed by atoms with E-state index >= 15 is 0 Å². The summed E-state index contributed by atoms with van der Waals surface area (Å²) >= 11 is 1.73. The maximum absolute atomic E-state index is 5.48. The molecule has 25 heavy (non-hydrogen) atoms. The molecule has 1 fully saturated rings. The molecule has 0 spiro atoms. The molecule has 0 aliphatic carbocycles. The number of rotatable bonds is 5. The number of ether oxygens (including phenoxy) is 1. The van der Waals surface area contributed by atoms with Crippen LogP contribution < -0.4 is 4.90 Å². The third kappa shape index (κ3) is 3.70. The maximum atomic E-state index is 5.48. The minimum Gasteiger partial charge on any atom is -0.378 e. The SMILES string of the molecule is c1ccc(-n2ccnc2SCc2ccccc2N2CCOCC2)nc1. The van der Waals surface area contributed by atoms with Crippen LogP contribution in [0.3, 0.4) is 0 Å². The number of para-hydroxylation sites is 1. The highest BCUT2D eigenvalue weighted by Gasteiger charge is 2.15. The summed E-state index contributed by atoms with van der Waals surface area (Å²) in [7, 11) is 0. The van der Waals surface area contributed by atoms with Gasteiger partial charge in [-0.15, -0.1) is 0 Å². The topological polar surface area (TPSA) is 43.2 Å². The number of morpholine rings is 1. The number of aromatic nitrogens is 3. The third-order valence-corrected chi connectivity index (χ3v) is 5.22. The summed E-state index contributed by atoms with van der Waals surface area (Å²) in [5.74, 6) is 1.76. The fraction of sp³-hybridized carbons (Fsp3) is 0.263. The Morgan fingerprint density at radius 1 is 0.960 bits per heavy atom. The van der Waals surface area contributed by atoms with Crippen LogP contribution in [0.4, 0.5) is 5.69 Å². The highest BCUT2D eigenvalue weighted by Crippen LogP contribution is 2.29. The fourth-order valence-electron chi connectivity index (χ4n) is 2.96. The summed E-state index contributed by atoms with van der Waals surface area (Å²) in [5.41, 5.74) is 2.62. The summed E-state index contributed by atoms with van der Waals surface area (Å²) in [4.78, 5) is 11.3. The molecule has 128 valence electrons. The number of benzene rings is 1. The van der Waals surface area contributed by atoms with E-state index in [4.69, 9.17) is 4.74 Å². The molecule has 2 aromatic heterocycles. The largest absolute Gasteiger partial charge is 0.378 e. The lowest BCUT2D eigenvalue weighted by atomic mass is 10.1. The van der Waals surface area contributed by atoms with Gasteiger partial charge in [0.2, 0.25) is 0 Å². The molecule has 0 saturated carbocycles. The smallest absolute Gasteiger partial charge is 0.174 e. The molecule has 6 heteroatoms. The molecule has 5 nitrogen and oxygen atoms in total. The Bertz CT molecular complexity index is 815. The van der Waals surface area contributed by atoms with Crippen LogP contribution in [-0.2, 0) is 10.5 Å². The Balaban J connectivity index is 1.52. The lowest BCUT2D eigenvalue weighted by Gasteiger charge is -2.30. The van der Waals surface area contributed by atoms with Gasteiger partial charge in [0.25, 0.3) is 0 Å². The van der Waals surface area contributed by atoms with Gasteiger partial charge in [-0.05, 0) is 23.8 Å².